The SMILES string of the molecule is C=CCOCOC(=O)C(=C)CCCCCCCCCCCCCCCC. The number of hydrogen-bond donors (Lipinski definition) is 0. The van der Waals surface area contributed by atoms with Crippen LogP contribution in [0, 0.1) is 0 Å². The third-order valence-electron chi connectivity index (χ3n) is 4.63. The molecule has 152 valence electrons. The highest BCUT2D eigenvalue weighted by atomic mass is 16.7. The molecular formula is C23H42O3. The molecule has 0 fully saturated rings. The van der Waals surface area contributed by atoms with E-state index in [0.717, 1.165) is 19.3 Å². The molecule has 0 atom stereocenters. The van der Waals surface area contributed by atoms with Gasteiger partial charge in [0.25, 0.3) is 0 Å². The van der Waals surface area contributed by atoms with E-state index < -0.39 is 0 Å². The van der Waals surface area contributed by atoms with Crippen molar-refractivity contribution >= 4 is 5.97 Å². The second-order valence-electron chi connectivity index (χ2n) is 7.16. The molecule has 0 aliphatic rings. The smallest absolute Gasteiger partial charge is 0.335 e. The topological polar surface area (TPSA) is 35.5 Å². The predicted octanol–water partition coefficient (Wildman–Crippen LogP) is 7.12. The Kier molecular flexibility index (Phi) is 19.4. The van der Waals surface area contributed by atoms with Crippen LogP contribution in [0.1, 0.15) is 103 Å². The largest absolute Gasteiger partial charge is 0.435 e. The van der Waals surface area contributed by atoms with Gasteiger partial charge in [0.1, 0.15) is 0 Å². The Morgan fingerprint density at radius 2 is 1.27 bits per heavy atom. The fourth-order valence-electron chi connectivity index (χ4n) is 2.96. The molecule has 0 saturated heterocycles. The van der Waals surface area contributed by atoms with Crippen LogP contribution in [0.2, 0.25) is 0 Å². The highest BCUT2D eigenvalue weighted by Gasteiger charge is 2.07. The van der Waals surface area contributed by atoms with E-state index >= 15 is 0 Å². The van der Waals surface area contributed by atoms with Crippen molar-refractivity contribution in [2.45, 2.75) is 103 Å². The molecule has 0 aliphatic heterocycles. The Morgan fingerprint density at radius 1 is 0.808 bits per heavy atom. The number of unbranched alkanes of at least 4 members (excludes halogenated alkanes) is 13. The molecule has 0 aromatic rings. The summed E-state index contributed by atoms with van der Waals surface area (Å²) in [7, 11) is 0. The molecular weight excluding hydrogens is 324 g/mol. The zero-order valence-corrected chi connectivity index (χ0v) is 17.2. The normalized spacial score (nSPS) is 10.7. The molecule has 0 unspecified atom stereocenters. The lowest BCUT2D eigenvalue weighted by atomic mass is 10.0. The van der Waals surface area contributed by atoms with Crippen molar-refractivity contribution in [3.8, 4) is 0 Å². The van der Waals surface area contributed by atoms with Gasteiger partial charge in [-0.2, -0.15) is 0 Å². The summed E-state index contributed by atoms with van der Waals surface area (Å²) in [4.78, 5) is 11.6. The van der Waals surface area contributed by atoms with E-state index in [4.69, 9.17) is 9.47 Å². The van der Waals surface area contributed by atoms with Crippen molar-refractivity contribution in [2.75, 3.05) is 13.4 Å². The first-order valence-corrected chi connectivity index (χ1v) is 10.8. The first kappa shape index (κ1) is 24.9. The molecule has 0 bridgehead atoms. The Balaban J connectivity index is 3.26. The fourth-order valence-corrected chi connectivity index (χ4v) is 2.96. The summed E-state index contributed by atoms with van der Waals surface area (Å²) in [6.07, 6.45) is 21.0. The molecule has 3 nitrogen and oxygen atoms in total. The Hall–Kier alpha value is -1.09. The van der Waals surface area contributed by atoms with Crippen LogP contribution in [-0.4, -0.2) is 19.4 Å². The molecule has 0 heterocycles. The van der Waals surface area contributed by atoms with E-state index in [1.807, 2.05) is 0 Å². The lowest BCUT2D eigenvalue weighted by molar-refractivity contribution is -0.150. The Bertz CT molecular complexity index is 349. The number of rotatable bonds is 20. The van der Waals surface area contributed by atoms with Crippen molar-refractivity contribution in [1.82, 2.24) is 0 Å². The maximum Gasteiger partial charge on any atom is 0.335 e. The second-order valence-corrected chi connectivity index (χ2v) is 7.16. The first-order chi connectivity index (χ1) is 12.7. The summed E-state index contributed by atoms with van der Waals surface area (Å²) in [5.41, 5.74) is 0.547. The minimum Gasteiger partial charge on any atom is -0.435 e. The van der Waals surface area contributed by atoms with Gasteiger partial charge in [-0.05, 0) is 12.8 Å². The molecule has 0 saturated carbocycles. The lowest BCUT2D eigenvalue weighted by Gasteiger charge is -2.07. The van der Waals surface area contributed by atoms with Crippen LogP contribution in [0.15, 0.2) is 24.8 Å². The molecule has 0 amide bonds. The molecule has 0 rings (SSSR count). The number of carbonyl (C=O) groups is 1. The first-order valence-electron chi connectivity index (χ1n) is 10.8. The van der Waals surface area contributed by atoms with Gasteiger partial charge < -0.3 is 9.47 Å². The van der Waals surface area contributed by atoms with E-state index in [1.54, 1.807) is 6.08 Å². The molecule has 0 radical (unpaired) electrons. The van der Waals surface area contributed by atoms with E-state index in [2.05, 4.69) is 20.1 Å². The van der Waals surface area contributed by atoms with Crippen LogP contribution in [0.3, 0.4) is 0 Å². The van der Waals surface area contributed by atoms with Gasteiger partial charge in [0.05, 0.1) is 6.61 Å². The monoisotopic (exact) mass is 366 g/mol. The van der Waals surface area contributed by atoms with Gasteiger partial charge >= 0.3 is 5.97 Å². The van der Waals surface area contributed by atoms with E-state index in [1.165, 1.54) is 77.0 Å². The summed E-state index contributed by atoms with van der Waals surface area (Å²) < 4.78 is 10.00. The number of hydrogen-bond acceptors (Lipinski definition) is 3. The van der Waals surface area contributed by atoms with Gasteiger partial charge in [0.15, 0.2) is 6.79 Å². The maximum absolute atomic E-state index is 11.6. The number of esters is 1. The van der Waals surface area contributed by atoms with Gasteiger partial charge in [0, 0.05) is 5.57 Å². The summed E-state index contributed by atoms with van der Waals surface area (Å²) in [6, 6.07) is 0. The molecule has 0 aromatic heterocycles. The average molecular weight is 367 g/mol. The Labute approximate surface area is 162 Å². The minimum atomic E-state index is -0.344. The van der Waals surface area contributed by atoms with Crippen molar-refractivity contribution in [3.63, 3.8) is 0 Å². The summed E-state index contributed by atoms with van der Waals surface area (Å²) >= 11 is 0. The molecule has 0 spiro atoms. The van der Waals surface area contributed by atoms with Crippen molar-refractivity contribution in [1.29, 1.82) is 0 Å². The number of ether oxygens (including phenoxy) is 2. The zero-order chi connectivity index (χ0) is 19.3. The van der Waals surface area contributed by atoms with Gasteiger partial charge in [-0.25, -0.2) is 4.79 Å². The molecule has 0 N–H and O–H groups in total. The van der Waals surface area contributed by atoms with Crippen molar-refractivity contribution < 1.29 is 14.3 Å². The molecule has 0 aromatic carbocycles. The highest BCUT2D eigenvalue weighted by molar-refractivity contribution is 5.87. The molecule has 0 aliphatic carbocycles. The van der Waals surface area contributed by atoms with Gasteiger partial charge in [-0.3, -0.25) is 0 Å². The highest BCUT2D eigenvalue weighted by Crippen LogP contribution is 2.14. The maximum atomic E-state index is 11.6. The minimum absolute atomic E-state index is 0.0252. The van der Waals surface area contributed by atoms with Crippen molar-refractivity contribution in [2.24, 2.45) is 0 Å². The summed E-state index contributed by atoms with van der Waals surface area (Å²) in [5.74, 6) is -0.344. The fraction of sp³-hybridized carbons (Fsp3) is 0.783. The summed E-state index contributed by atoms with van der Waals surface area (Å²) in [5, 5.41) is 0. The molecule has 3 heteroatoms. The van der Waals surface area contributed by atoms with Crippen LogP contribution in [0.5, 0.6) is 0 Å². The van der Waals surface area contributed by atoms with Crippen LogP contribution in [0.25, 0.3) is 0 Å². The van der Waals surface area contributed by atoms with Crippen LogP contribution in [0.4, 0.5) is 0 Å². The number of carbonyl (C=O) groups excluding carboxylic acids is 1. The molecule has 26 heavy (non-hydrogen) atoms. The van der Waals surface area contributed by atoms with Crippen molar-refractivity contribution in [3.05, 3.63) is 24.8 Å². The van der Waals surface area contributed by atoms with Gasteiger partial charge in [0.2, 0.25) is 0 Å². The van der Waals surface area contributed by atoms with Gasteiger partial charge in [-0.1, -0.05) is 103 Å². The quantitative estimate of drug-likeness (QED) is 0.0756. The zero-order valence-electron chi connectivity index (χ0n) is 17.2. The third kappa shape index (κ3) is 17.7. The third-order valence-corrected chi connectivity index (χ3v) is 4.63. The Morgan fingerprint density at radius 3 is 1.73 bits per heavy atom. The van der Waals surface area contributed by atoms with E-state index in [-0.39, 0.29) is 12.8 Å². The van der Waals surface area contributed by atoms with Crippen LogP contribution < -0.4 is 0 Å². The predicted molar refractivity (Wildman–Crippen MR) is 111 cm³/mol. The lowest BCUT2D eigenvalue weighted by Crippen LogP contribution is -2.10. The van der Waals surface area contributed by atoms with Gasteiger partial charge in [-0.15, -0.1) is 6.58 Å². The van der Waals surface area contributed by atoms with E-state index in [9.17, 15) is 4.79 Å². The second kappa shape index (κ2) is 20.2. The van der Waals surface area contributed by atoms with E-state index in [0.29, 0.717) is 12.2 Å². The standard InChI is InChI=1S/C23H42O3/c1-4-6-7-8-9-10-11-12-13-14-15-16-17-18-19-22(3)23(24)26-21-25-20-5-2/h5H,2-4,6-21H2,1H3. The average Bonchev–Trinajstić information content (AvgIpc) is 2.65. The van der Waals surface area contributed by atoms with Crippen LogP contribution in [-0.2, 0) is 14.3 Å². The summed E-state index contributed by atoms with van der Waals surface area (Å²) in [6.45, 7) is 9.97. The van der Waals surface area contributed by atoms with Crippen LogP contribution >= 0.6 is 0 Å².